The number of nitrogens with zero attached hydrogens (tertiary/aromatic N) is 2. The molecule has 1 saturated heterocycles. The molecule has 1 heterocycles. The van der Waals surface area contributed by atoms with Crippen molar-refractivity contribution in [2.75, 3.05) is 25.5 Å². The number of likely N-dealkylation sites (tertiary alicyclic amines) is 1. The third-order valence-electron chi connectivity index (χ3n) is 5.65. The Morgan fingerprint density at radius 1 is 1.06 bits per heavy atom. The summed E-state index contributed by atoms with van der Waals surface area (Å²) >= 11 is 0. The van der Waals surface area contributed by atoms with Gasteiger partial charge in [-0.2, -0.15) is 5.26 Å². The van der Waals surface area contributed by atoms with E-state index in [0.29, 0.717) is 48.7 Å². The molecular formula is C25H29N3O4. The van der Waals surface area contributed by atoms with Gasteiger partial charge in [0.05, 0.1) is 18.4 Å². The van der Waals surface area contributed by atoms with Crippen LogP contribution < -0.4 is 14.8 Å². The van der Waals surface area contributed by atoms with E-state index in [1.807, 2.05) is 26.0 Å². The van der Waals surface area contributed by atoms with Crippen molar-refractivity contribution >= 4 is 17.5 Å². The maximum atomic E-state index is 13.2. The quantitative estimate of drug-likeness (QED) is 0.713. The van der Waals surface area contributed by atoms with E-state index in [-0.39, 0.29) is 23.7 Å². The second-order valence-corrected chi connectivity index (χ2v) is 8.18. The number of amides is 2. The van der Waals surface area contributed by atoms with Crippen LogP contribution in [0.5, 0.6) is 11.5 Å². The smallest absolute Gasteiger partial charge is 0.263 e. The first-order valence-corrected chi connectivity index (χ1v) is 10.8. The molecule has 2 amide bonds. The Morgan fingerprint density at radius 2 is 1.69 bits per heavy atom. The first kappa shape index (κ1) is 23.1. The summed E-state index contributed by atoms with van der Waals surface area (Å²) in [6, 6.07) is 16.3. The van der Waals surface area contributed by atoms with E-state index >= 15 is 0 Å². The first-order valence-electron chi connectivity index (χ1n) is 10.8. The number of piperidine rings is 1. The standard InChI is InChI=1S/C25H29N3O4/c1-17(2)23(32-21-10-6-4-8-19(21)16-26)25(30)28-14-12-18(13-15-28)24(29)27-20-9-5-7-11-22(20)31-3/h4-11,17-18,23H,12-15H2,1-3H3,(H,27,29). The van der Waals surface area contributed by atoms with Gasteiger partial charge in [-0.1, -0.05) is 38.1 Å². The van der Waals surface area contributed by atoms with E-state index in [1.54, 1.807) is 48.4 Å². The molecule has 1 unspecified atom stereocenters. The summed E-state index contributed by atoms with van der Waals surface area (Å²) in [6.45, 7) is 4.81. The molecule has 0 saturated carbocycles. The number of carbonyl (C=O) groups is 2. The highest BCUT2D eigenvalue weighted by atomic mass is 16.5. The minimum Gasteiger partial charge on any atom is -0.495 e. The summed E-state index contributed by atoms with van der Waals surface area (Å²) in [6.07, 6.45) is 0.460. The van der Waals surface area contributed by atoms with Gasteiger partial charge in [0.25, 0.3) is 5.91 Å². The molecule has 0 bridgehead atoms. The summed E-state index contributed by atoms with van der Waals surface area (Å²) in [5, 5.41) is 12.2. The van der Waals surface area contributed by atoms with Gasteiger partial charge < -0.3 is 19.7 Å². The van der Waals surface area contributed by atoms with Gasteiger partial charge in [-0.25, -0.2) is 0 Å². The fourth-order valence-corrected chi connectivity index (χ4v) is 3.79. The molecule has 3 rings (SSSR count). The van der Waals surface area contributed by atoms with E-state index < -0.39 is 6.10 Å². The fourth-order valence-electron chi connectivity index (χ4n) is 3.79. The zero-order chi connectivity index (χ0) is 23.1. The van der Waals surface area contributed by atoms with Gasteiger partial charge in [0, 0.05) is 19.0 Å². The van der Waals surface area contributed by atoms with Crippen molar-refractivity contribution in [2.45, 2.75) is 32.8 Å². The van der Waals surface area contributed by atoms with E-state index in [9.17, 15) is 14.9 Å². The van der Waals surface area contributed by atoms with Gasteiger partial charge in [0.1, 0.15) is 17.6 Å². The number of hydrogen-bond donors (Lipinski definition) is 1. The maximum absolute atomic E-state index is 13.2. The third-order valence-corrected chi connectivity index (χ3v) is 5.65. The molecular weight excluding hydrogens is 406 g/mol. The molecule has 0 aliphatic carbocycles. The number of benzene rings is 2. The SMILES string of the molecule is COc1ccccc1NC(=O)C1CCN(C(=O)C(Oc2ccccc2C#N)C(C)C)CC1. The van der Waals surface area contributed by atoms with Crippen molar-refractivity contribution in [3.05, 3.63) is 54.1 Å². The monoisotopic (exact) mass is 435 g/mol. The van der Waals surface area contributed by atoms with Gasteiger partial charge in [-0.15, -0.1) is 0 Å². The van der Waals surface area contributed by atoms with Crippen molar-refractivity contribution in [3.8, 4) is 17.6 Å². The highest BCUT2D eigenvalue weighted by molar-refractivity contribution is 5.94. The van der Waals surface area contributed by atoms with Crippen LogP contribution in [0.25, 0.3) is 0 Å². The van der Waals surface area contributed by atoms with Crippen LogP contribution >= 0.6 is 0 Å². The minimum absolute atomic E-state index is 0.0683. The lowest BCUT2D eigenvalue weighted by molar-refractivity contribution is -0.143. The highest BCUT2D eigenvalue weighted by Gasteiger charge is 2.34. The van der Waals surface area contributed by atoms with Crippen molar-refractivity contribution in [3.63, 3.8) is 0 Å². The van der Waals surface area contributed by atoms with Gasteiger partial charge in [-0.05, 0) is 43.0 Å². The average Bonchev–Trinajstić information content (AvgIpc) is 2.82. The van der Waals surface area contributed by atoms with Crippen LogP contribution in [0.1, 0.15) is 32.3 Å². The number of nitrogens with one attached hydrogen (secondary N) is 1. The molecule has 1 aliphatic heterocycles. The predicted octanol–water partition coefficient (Wildman–Crippen LogP) is 3.85. The van der Waals surface area contributed by atoms with Crippen LogP contribution in [0.3, 0.4) is 0 Å². The number of hydrogen-bond acceptors (Lipinski definition) is 5. The number of methoxy groups -OCH3 is 1. The molecule has 1 atom stereocenters. The highest BCUT2D eigenvalue weighted by Crippen LogP contribution is 2.27. The van der Waals surface area contributed by atoms with E-state index in [4.69, 9.17) is 9.47 Å². The lowest BCUT2D eigenvalue weighted by Gasteiger charge is -2.34. The second-order valence-electron chi connectivity index (χ2n) is 8.18. The molecule has 1 fully saturated rings. The van der Waals surface area contributed by atoms with E-state index in [1.165, 1.54) is 0 Å². The Hall–Kier alpha value is -3.53. The van der Waals surface area contributed by atoms with E-state index in [0.717, 1.165) is 0 Å². The zero-order valence-electron chi connectivity index (χ0n) is 18.7. The van der Waals surface area contributed by atoms with Crippen LogP contribution in [-0.2, 0) is 9.59 Å². The lowest BCUT2D eigenvalue weighted by Crippen LogP contribution is -2.49. The summed E-state index contributed by atoms with van der Waals surface area (Å²) in [7, 11) is 1.57. The Kier molecular flexibility index (Phi) is 7.72. The van der Waals surface area contributed by atoms with Crippen molar-refractivity contribution in [2.24, 2.45) is 11.8 Å². The molecule has 1 aliphatic rings. The number of ether oxygens (including phenoxy) is 2. The zero-order valence-corrected chi connectivity index (χ0v) is 18.7. The summed E-state index contributed by atoms with van der Waals surface area (Å²) < 4.78 is 11.3. The third kappa shape index (κ3) is 5.38. The van der Waals surface area contributed by atoms with Crippen LogP contribution in [0.4, 0.5) is 5.69 Å². The number of carbonyl (C=O) groups excluding carboxylic acids is 2. The normalized spacial score (nSPS) is 15.0. The Morgan fingerprint density at radius 3 is 2.31 bits per heavy atom. The van der Waals surface area contributed by atoms with E-state index in [2.05, 4.69) is 11.4 Å². The molecule has 7 heteroatoms. The minimum atomic E-state index is -0.691. The van der Waals surface area contributed by atoms with Crippen molar-refractivity contribution < 1.29 is 19.1 Å². The maximum Gasteiger partial charge on any atom is 0.263 e. The Balaban J connectivity index is 1.61. The molecule has 7 nitrogen and oxygen atoms in total. The molecule has 0 aromatic heterocycles. The molecule has 2 aromatic rings. The molecule has 168 valence electrons. The Labute approximate surface area is 188 Å². The molecule has 32 heavy (non-hydrogen) atoms. The van der Waals surface area contributed by atoms with Gasteiger partial charge in [-0.3, -0.25) is 9.59 Å². The van der Waals surface area contributed by atoms with Crippen molar-refractivity contribution in [1.82, 2.24) is 4.90 Å². The lowest BCUT2D eigenvalue weighted by atomic mass is 9.94. The number of nitriles is 1. The predicted molar refractivity (Wildman–Crippen MR) is 121 cm³/mol. The molecule has 2 aromatic carbocycles. The topological polar surface area (TPSA) is 91.7 Å². The average molecular weight is 436 g/mol. The van der Waals surface area contributed by atoms with Crippen LogP contribution in [-0.4, -0.2) is 43.0 Å². The number of para-hydroxylation sites is 3. The molecule has 0 radical (unpaired) electrons. The van der Waals surface area contributed by atoms with Crippen LogP contribution in [0, 0.1) is 23.2 Å². The number of rotatable bonds is 7. The summed E-state index contributed by atoms with van der Waals surface area (Å²) in [5.41, 5.74) is 1.04. The summed E-state index contributed by atoms with van der Waals surface area (Å²) in [5.74, 6) is 0.594. The van der Waals surface area contributed by atoms with Gasteiger partial charge in [0.2, 0.25) is 5.91 Å². The van der Waals surface area contributed by atoms with Crippen LogP contribution in [0.15, 0.2) is 48.5 Å². The fraction of sp³-hybridized carbons (Fsp3) is 0.400. The second kappa shape index (κ2) is 10.7. The Bertz CT molecular complexity index is 991. The van der Waals surface area contributed by atoms with Crippen molar-refractivity contribution in [1.29, 1.82) is 5.26 Å². The van der Waals surface area contributed by atoms with Gasteiger partial charge in [0.15, 0.2) is 6.10 Å². The molecule has 0 spiro atoms. The van der Waals surface area contributed by atoms with Crippen LogP contribution in [0.2, 0.25) is 0 Å². The first-order chi connectivity index (χ1) is 15.4. The largest absolute Gasteiger partial charge is 0.495 e. The molecule has 1 N–H and O–H groups in total. The number of anilines is 1. The summed E-state index contributed by atoms with van der Waals surface area (Å²) in [4.78, 5) is 27.7. The van der Waals surface area contributed by atoms with Gasteiger partial charge >= 0.3 is 0 Å².